The van der Waals surface area contributed by atoms with Crippen molar-refractivity contribution in [1.82, 2.24) is 0 Å². The molecule has 0 fully saturated rings. The average molecular weight is 298 g/mol. The number of hydrogen-bond acceptors (Lipinski definition) is 0. The maximum absolute atomic E-state index is 13.3. The minimum absolute atomic E-state index is 0.509. The topological polar surface area (TPSA) is 0 Å². The molecule has 1 heterocycles. The van der Waals surface area contributed by atoms with Gasteiger partial charge < -0.3 is 0 Å². The van der Waals surface area contributed by atoms with E-state index in [1.54, 1.807) is 0 Å². The normalized spacial score (nSPS) is 19.1. The molecule has 0 radical (unpaired) electrons. The predicted octanol–water partition coefficient (Wildman–Crippen LogP) is 5.25. The smallest absolute Gasteiger partial charge is 0.206 e. The molecule has 1 unspecified atom stereocenters. The molecule has 2 aromatic rings. The minimum Gasteiger partial charge on any atom is -0.206 e. The van der Waals surface area contributed by atoms with E-state index in [1.807, 2.05) is 35.7 Å². The maximum atomic E-state index is 13.3. The fourth-order valence-corrected chi connectivity index (χ4v) is 4.29. The van der Waals surface area contributed by atoms with E-state index >= 15 is 0 Å². The van der Waals surface area contributed by atoms with E-state index in [0.29, 0.717) is 4.90 Å². The van der Waals surface area contributed by atoms with E-state index in [9.17, 15) is 17.6 Å². The number of alkyl halides is 3. The first kappa shape index (κ1) is 13.2. The van der Waals surface area contributed by atoms with Crippen LogP contribution in [0, 0.1) is 5.82 Å². The van der Waals surface area contributed by atoms with Crippen LogP contribution in [0.1, 0.15) is 11.1 Å². The van der Waals surface area contributed by atoms with Gasteiger partial charge in [0.1, 0.15) is 5.82 Å². The molecule has 2 aromatic carbocycles. The Hall–Kier alpha value is -1.75. The van der Waals surface area contributed by atoms with Crippen LogP contribution in [0.15, 0.2) is 57.7 Å². The largest absolute Gasteiger partial charge is 0.419 e. The lowest BCUT2D eigenvalue weighted by Gasteiger charge is -2.18. The Morgan fingerprint density at radius 3 is 2.45 bits per heavy atom. The van der Waals surface area contributed by atoms with Crippen LogP contribution in [0.2, 0.25) is 0 Å². The zero-order valence-electron chi connectivity index (χ0n) is 10.2. The second-order valence-electron chi connectivity index (χ2n) is 4.41. The summed E-state index contributed by atoms with van der Waals surface area (Å²) in [6.45, 7) is 0. The Balaban J connectivity index is 2.07. The lowest BCUT2D eigenvalue weighted by molar-refractivity contribution is -0.140. The van der Waals surface area contributed by atoms with Crippen molar-refractivity contribution in [3.05, 3.63) is 64.8 Å². The first-order chi connectivity index (χ1) is 9.47. The van der Waals surface area contributed by atoms with E-state index in [1.165, 1.54) is 6.07 Å². The lowest BCUT2D eigenvalue weighted by Crippen LogP contribution is -2.08. The molecule has 5 heteroatoms. The Kier molecular flexibility index (Phi) is 3.09. The highest BCUT2D eigenvalue weighted by Crippen LogP contribution is 2.52. The van der Waals surface area contributed by atoms with Crippen LogP contribution in [0.3, 0.4) is 0 Å². The SMILES string of the molecule is Fc1ccc([SH]2C=Cc3ccccc32)cc1C(F)(F)F. The highest BCUT2D eigenvalue weighted by atomic mass is 32.2. The summed E-state index contributed by atoms with van der Waals surface area (Å²) in [6, 6.07) is 10.8. The molecule has 104 valence electrons. The van der Waals surface area contributed by atoms with Crippen molar-refractivity contribution in [2.45, 2.75) is 16.0 Å². The van der Waals surface area contributed by atoms with E-state index in [2.05, 4.69) is 0 Å². The third-order valence-corrected chi connectivity index (χ3v) is 5.34. The number of halogens is 4. The molecule has 0 nitrogen and oxygen atoms in total. The Bertz CT molecular complexity index is 689. The fourth-order valence-electron chi connectivity index (χ4n) is 2.19. The molecule has 0 saturated heterocycles. The van der Waals surface area contributed by atoms with Crippen LogP contribution >= 0.6 is 10.9 Å². The van der Waals surface area contributed by atoms with E-state index in [4.69, 9.17) is 0 Å². The van der Waals surface area contributed by atoms with Gasteiger partial charge in [0.25, 0.3) is 0 Å². The van der Waals surface area contributed by atoms with Crippen molar-refractivity contribution in [3.8, 4) is 0 Å². The molecule has 0 N–H and O–H groups in total. The zero-order chi connectivity index (χ0) is 14.3. The van der Waals surface area contributed by atoms with Crippen molar-refractivity contribution >= 4 is 17.0 Å². The number of thiol groups is 1. The van der Waals surface area contributed by atoms with E-state index in [-0.39, 0.29) is 0 Å². The average Bonchev–Trinajstić information content (AvgIpc) is 2.82. The Labute approximate surface area is 116 Å². The Morgan fingerprint density at radius 2 is 1.70 bits per heavy atom. The highest BCUT2D eigenvalue weighted by molar-refractivity contribution is 8.20. The number of rotatable bonds is 1. The van der Waals surface area contributed by atoms with Crippen molar-refractivity contribution in [3.63, 3.8) is 0 Å². The number of hydrogen-bond donors (Lipinski definition) is 1. The molecule has 1 atom stereocenters. The summed E-state index contributed by atoms with van der Waals surface area (Å²) in [5.41, 5.74) is -0.188. The number of benzene rings is 2. The zero-order valence-corrected chi connectivity index (χ0v) is 11.0. The van der Waals surface area contributed by atoms with Crippen molar-refractivity contribution in [2.24, 2.45) is 0 Å². The van der Waals surface area contributed by atoms with Crippen molar-refractivity contribution in [2.75, 3.05) is 0 Å². The molecule has 0 spiro atoms. The molecule has 3 rings (SSSR count). The third-order valence-electron chi connectivity index (χ3n) is 3.13. The van der Waals surface area contributed by atoms with E-state index in [0.717, 1.165) is 22.6 Å². The molecule has 0 aliphatic carbocycles. The van der Waals surface area contributed by atoms with Crippen LogP contribution in [0.5, 0.6) is 0 Å². The van der Waals surface area contributed by atoms with Gasteiger partial charge in [-0.3, -0.25) is 0 Å². The van der Waals surface area contributed by atoms with Gasteiger partial charge in [-0.2, -0.15) is 24.1 Å². The van der Waals surface area contributed by atoms with Gasteiger partial charge in [-0.25, -0.2) is 4.39 Å². The van der Waals surface area contributed by atoms with Gasteiger partial charge in [0.2, 0.25) is 0 Å². The second-order valence-corrected chi connectivity index (χ2v) is 6.44. The predicted molar refractivity (Wildman–Crippen MR) is 72.4 cm³/mol. The van der Waals surface area contributed by atoms with Crippen molar-refractivity contribution < 1.29 is 17.6 Å². The molecular formula is C15H10F4S. The van der Waals surface area contributed by atoms with Crippen LogP contribution in [-0.2, 0) is 6.18 Å². The van der Waals surface area contributed by atoms with Crippen LogP contribution < -0.4 is 0 Å². The van der Waals surface area contributed by atoms with Crippen molar-refractivity contribution in [1.29, 1.82) is 0 Å². The monoisotopic (exact) mass is 298 g/mol. The van der Waals surface area contributed by atoms with Crippen LogP contribution in [-0.4, -0.2) is 0 Å². The third kappa shape index (κ3) is 2.22. The minimum atomic E-state index is -4.67. The van der Waals surface area contributed by atoms with Gasteiger partial charge in [0.05, 0.1) is 5.56 Å². The maximum Gasteiger partial charge on any atom is 0.419 e. The highest BCUT2D eigenvalue weighted by Gasteiger charge is 2.34. The van der Waals surface area contributed by atoms with Gasteiger partial charge >= 0.3 is 6.18 Å². The summed E-state index contributed by atoms with van der Waals surface area (Å²) in [4.78, 5) is 1.51. The van der Waals surface area contributed by atoms with Crippen LogP contribution in [0.4, 0.5) is 17.6 Å². The second kappa shape index (κ2) is 4.66. The first-order valence-corrected chi connectivity index (χ1v) is 7.31. The summed E-state index contributed by atoms with van der Waals surface area (Å²) >= 11 is 0. The van der Waals surface area contributed by atoms with Gasteiger partial charge in [-0.05, 0) is 46.2 Å². The quantitative estimate of drug-likeness (QED) is 0.539. The molecule has 0 aromatic heterocycles. The summed E-state index contributed by atoms with van der Waals surface area (Å²) < 4.78 is 51.6. The molecule has 1 aliphatic rings. The number of fused-ring (bicyclic) bond motifs is 1. The van der Waals surface area contributed by atoms with Crippen LogP contribution in [0.25, 0.3) is 6.08 Å². The summed E-state index contributed by atoms with van der Waals surface area (Å²) in [6.07, 6.45) is -2.77. The standard InChI is InChI=1S/C15H10F4S/c16-13-6-5-11(9-12(13)15(17,18)19)20-8-7-10-3-1-2-4-14(10)20/h1-9,20H. The molecule has 0 bridgehead atoms. The Morgan fingerprint density at radius 1 is 0.950 bits per heavy atom. The lowest BCUT2D eigenvalue weighted by atomic mass is 10.2. The molecular weight excluding hydrogens is 288 g/mol. The van der Waals surface area contributed by atoms with Gasteiger partial charge in [-0.15, -0.1) is 0 Å². The first-order valence-electron chi connectivity index (χ1n) is 5.90. The van der Waals surface area contributed by atoms with E-state index < -0.39 is 28.5 Å². The summed E-state index contributed by atoms with van der Waals surface area (Å²) in [5.74, 6) is -1.23. The molecule has 20 heavy (non-hydrogen) atoms. The molecule has 0 amide bonds. The van der Waals surface area contributed by atoms with Gasteiger partial charge in [-0.1, -0.05) is 18.2 Å². The molecule has 0 saturated carbocycles. The molecule has 1 aliphatic heterocycles. The van der Waals surface area contributed by atoms with Gasteiger partial charge in [0, 0.05) is 4.90 Å². The summed E-state index contributed by atoms with van der Waals surface area (Å²) in [7, 11) is -0.979. The fraction of sp³-hybridized carbons (Fsp3) is 0.0667. The van der Waals surface area contributed by atoms with Gasteiger partial charge in [0.15, 0.2) is 0 Å². The summed E-state index contributed by atoms with van der Waals surface area (Å²) in [5, 5.41) is 1.90.